The Bertz CT molecular complexity index is 2440. The second kappa shape index (κ2) is 12.8. The molecule has 0 unspecified atom stereocenters. The number of aromatic nitrogens is 1. The van der Waals surface area contributed by atoms with Crippen molar-refractivity contribution < 1.29 is 4.42 Å². The Morgan fingerprint density at radius 2 is 1.06 bits per heavy atom. The molecule has 0 aliphatic heterocycles. The van der Waals surface area contributed by atoms with Gasteiger partial charge in [0.2, 0.25) is 0 Å². The molecule has 3 heteroatoms. The van der Waals surface area contributed by atoms with E-state index in [1.54, 1.807) is 0 Å². The first kappa shape index (κ1) is 33.5. The second-order valence-corrected chi connectivity index (χ2v) is 19.6. The van der Waals surface area contributed by atoms with Gasteiger partial charge in [0.1, 0.15) is 11.3 Å². The zero-order chi connectivity index (χ0) is 36.1. The maximum absolute atomic E-state index is 6.54. The third kappa shape index (κ3) is 5.06. The van der Waals surface area contributed by atoms with Crippen molar-refractivity contribution in [1.29, 1.82) is 0 Å². The van der Waals surface area contributed by atoms with E-state index < -0.39 is 8.07 Å². The fraction of sp³-hybridized carbons (Fsp3) is 0.143. The molecule has 8 rings (SSSR count). The summed E-state index contributed by atoms with van der Waals surface area (Å²) < 4.78 is 8.90. The number of hydrogen-bond donors (Lipinski definition) is 0. The lowest BCUT2D eigenvalue weighted by atomic mass is 9.74. The Morgan fingerprint density at radius 3 is 1.56 bits per heavy atom. The summed E-state index contributed by atoms with van der Waals surface area (Å²) in [5, 5.41) is 7.61. The van der Waals surface area contributed by atoms with E-state index in [2.05, 4.69) is 209 Å². The number of furan rings is 1. The molecule has 8 aromatic rings. The molecule has 2 heterocycles. The van der Waals surface area contributed by atoms with Gasteiger partial charge < -0.3 is 8.98 Å². The summed E-state index contributed by atoms with van der Waals surface area (Å²) in [5.74, 6) is 0.863. The molecule has 6 aromatic carbocycles. The van der Waals surface area contributed by atoms with Gasteiger partial charge in [-0.05, 0) is 74.9 Å². The van der Waals surface area contributed by atoms with E-state index in [-0.39, 0.29) is 10.5 Å². The number of benzene rings is 6. The van der Waals surface area contributed by atoms with Crippen molar-refractivity contribution in [2.24, 2.45) is 5.41 Å². The van der Waals surface area contributed by atoms with Crippen molar-refractivity contribution in [3.63, 3.8) is 0 Å². The van der Waals surface area contributed by atoms with Gasteiger partial charge in [0.25, 0.3) is 0 Å². The molecule has 256 valence electrons. The lowest BCUT2D eigenvalue weighted by molar-refractivity contribution is 0.328. The van der Waals surface area contributed by atoms with Crippen LogP contribution >= 0.6 is 0 Å². The maximum Gasteiger partial charge on any atom is 0.154 e. The van der Waals surface area contributed by atoms with Gasteiger partial charge in [0, 0.05) is 27.4 Å². The largest absolute Gasteiger partial charge is 0.456 e. The van der Waals surface area contributed by atoms with Crippen molar-refractivity contribution in [3.8, 4) is 5.69 Å². The average Bonchev–Trinajstić information content (AvgIpc) is 3.68. The summed E-state index contributed by atoms with van der Waals surface area (Å²) in [5.41, 5.74) is 6.30. The van der Waals surface area contributed by atoms with Crippen LogP contribution in [0.3, 0.4) is 0 Å². The smallest absolute Gasteiger partial charge is 0.154 e. The second-order valence-electron chi connectivity index (χ2n) is 15.1. The monoisotopic (exact) mass is 691 g/mol. The van der Waals surface area contributed by atoms with Gasteiger partial charge in [-0.25, -0.2) is 0 Å². The lowest BCUT2D eigenvalue weighted by Crippen LogP contribution is -2.75. The molecule has 0 fully saturated rings. The Balaban J connectivity index is 1.20. The van der Waals surface area contributed by atoms with Crippen LogP contribution in [0.5, 0.6) is 0 Å². The normalized spacial score (nSPS) is 12.7. The highest BCUT2D eigenvalue weighted by Gasteiger charge is 2.58. The quantitative estimate of drug-likeness (QED) is 0.0837. The van der Waals surface area contributed by atoms with E-state index in [9.17, 15) is 0 Å². The molecule has 0 spiro atoms. The average molecular weight is 692 g/mol. The van der Waals surface area contributed by atoms with Crippen LogP contribution < -0.4 is 15.6 Å². The molecule has 2 nitrogen and oxygen atoms in total. The van der Waals surface area contributed by atoms with Gasteiger partial charge in [-0.1, -0.05) is 168 Å². The van der Waals surface area contributed by atoms with Crippen LogP contribution in [0.4, 0.5) is 0 Å². The number of aryl methyl sites for hydroxylation is 1. The fourth-order valence-corrected chi connectivity index (χ4v) is 15.0. The topological polar surface area (TPSA) is 18.1 Å². The first-order valence-corrected chi connectivity index (χ1v) is 20.2. The number of hydrogen-bond acceptors (Lipinski definition) is 1. The molecule has 0 saturated heterocycles. The number of nitrogens with zero attached hydrogens (tertiary/aromatic N) is 1. The summed E-state index contributed by atoms with van der Waals surface area (Å²) in [7, 11) is -2.69. The highest BCUT2D eigenvalue weighted by Crippen LogP contribution is 2.55. The number of fused-ring (bicyclic) bond motifs is 4. The van der Waals surface area contributed by atoms with Crippen molar-refractivity contribution >= 4 is 62.5 Å². The van der Waals surface area contributed by atoms with E-state index in [1.807, 2.05) is 0 Å². The summed E-state index contributed by atoms with van der Waals surface area (Å²) in [6.07, 6.45) is 4.33. The summed E-state index contributed by atoms with van der Waals surface area (Å²) in [4.78, 5) is 0. The van der Waals surface area contributed by atoms with E-state index in [0.717, 1.165) is 33.6 Å². The number of rotatable bonds is 9. The van der Waals surface area contributed by atoms with E-state index in [0.29, 0.717) is 0 Å². The first-order valence-electron chi connectivity index (χ1n) is 18.2. The zero-order valence-corrected chi connectivity index (χ0v) is 31.7. The van der Waals surface area contributed by atoms with Gasteiger partial charge in [0.15, 0.2) is 8.07 Å². The molecule has 0 aliphatic rings. The Kier molecular flexibility index (Phi) is 8.27. The van der Waals surface area contributed by atoms with Gasteiger partial charge >= 0.3 is 0 Å². The standard InChI is InChI=1S/C49H45NOSi/c1-35(48(3,4)49(5,6)52(38-20-10-7-11-21-38,39-22-12-8-13-23-39)40-24-14-9-15-25-40)30-32-46-36(2)43-34-37(31-33-47(43)51-46)50-44-28-18-16-26-41(44)42-27-17-19-29-45(42)50/h7-34H,1H2,2-6H3/b32-30-. The van der Waals surface area contributed by atoms with Crippen LogP contribution in [-0.2, 0) is 0 Å². The molecule has 0 amide bonds. The lowest BCUT2D eigenvalue weighted by Gasteiger charge is -2.55. The molecule has 0 N–H and O–H groups in total. The SMILES string of the molecule is C=C(/C=C\c1oc2ccc(-n3c4ccccc4c4ccccc43)cc2c1C)C(C)(C)C(C)(C)[Si](c1ccccc1)(c1ccccc1)c1ccccc1. The Labute approximate surface area is 308 Å². The Hall–Kier alpha value is -5.64. The van der Waals surface area contributed by atoms with Crippen molar-refractivity contribution in [1.82, 2.24) is 4.57 Å². The molecule has 52 heavy (non-hydrogen) atoms. The minimum atomic E-state index is -2.69. The van der Waals surface area contributed by atoms with Crippen LogP contribution in [0.2, 0.25) is 5.04 Å². The summed E-state index contributed by atoms with van der Waals surface area (Å²) in [6.45, 7) is 16.6. The molecule has 0 saturated carbocycles. The third-order valence-electron chi connectivity index (χ3n) is 12.2. The van der Waals surface area contributed by atoms with Gasteiger partial charge in [-0.3, -0.25) is 0 Å². The fourth-order valence-electron chi connectivity index (χ4n) is 8.63. The van der Waals surface area contributed by atoms with Gasteiger partial charge in [-0.2, -0.15) is 0 Å². The van der Waals surface area contributed by atoms with E-state index in [4.69, 9.17) is 11.0 Å². The minimum Gasteiger partial charge on any atom is -0.456 e. The zero-order valence-electron chi connectivity index (χ0n) is 30.7. The highest BCUT2D eigenvalue weighted by molar-refractivity contribution is 7.13. The van der Waals surface area contributed by atoms with Gasteiger partial charge in [-0.15, -0.1) is 0 Å². The van der Waals surface area contributed by atoms with Crippen molar-refractivity contribution in [3.05, 3.63) is 187 Å². The van der Waals surface area contributed by atoms with Crippen molar-refractivity contribution in [2.75, 3.05) is 0 Å². The molecule has 0 atom stereocenters. The first-order chi connectivity index (χ1) is 25.2. The van der Waals surface area contributed by atoms with E-state index >= 15 is 0 Å². The van der Waals surface area contributed by atoms with Gasteiger partial charge in [0.05, 0.1) is 11.0 Å². The van der Waals surface area contributed by atoms with Crippen molar-refractivity contribution in [2.45, 2.75) is 39.7 Å². The van der Waals surface area contributed by atoms with Crippen LogP contribution in [0.1, 0.15) is 39.0 Å². The predicted molar refractivity (Wildman–Crippen MR) is 225 cm³/mol. The summed E-state index contributed by atoms with van der Waals surface area (Å²) in [6, 6.07) is 57.4. The molecular weight excluding hydrogens is 647 g/mol. The molecular formula is C49H45NOSi. The number of allylic oxidation sites excluding steroid dienone is 2. The molecule has 0 aliphatic carbocycles. The van der Waals surface area contributed by atoms with Crippen LogP contribution in [0.25, 0.3) is 44.5 Å². The maximum atomic E-state index is 6.54. The number of para-hydroxylation sites is 2. The van der Waals surface area contributed by atoms with Crippen LogP contribution in [0, 0.1) is 12.3 Å². The summed E-state index contributed by atoms with van der Waals surface area (Å²) >= 11 is 0. The van der Waals surface area contributed by atoms with Crippen LogP contribution in [-0.4, -0.2) is 12.6 Å². The molecule has 0 radical (unpaired) electrons. The molecule has 2 aromatic heterocycles. The Morgan fingerprint density at radius 1 is 0.596 bits per heavy atom. The molecule has 0 bridgehead atoms. The highest BCUT2D eigenvalue weighted by atomic mass is 28.3. The van der Waals surface area contributed by atoms with E-state index in [1.165, 1.54) is 37.4 Å². The minimum absolute atomic E-state index is 0.217. The third-order valence-corrected chi connectivity index (χ3v) is 18.3. The van der Waals surface area contributed by atoms with Crippen LogP contribution in [0.15, 0.2) is 180 Å². The predicted octanol–water partition coefficient (Wildman–Crippen LogP) is 11.4.